The molecule has 0 radical (unpaired) electrons. The van der Waals surface area contributed by atoms with E-state index in [1.807, 2.05) is 6.07 Å². The highest BCUT2D eigenvalue weighted by Crippen LogP contribution is 2.40. The summed E-state index contributed by atoms with van der Waals surface area (Å²) in [5.74, 6) is 2.47. The molecule has 3 atom stereocenters. The molecule has 98 valence electrons. The molecule has 4 rings (SSSR count). The Bertz CT molecular complexity index is 566. The third-order valence-electron chi connectivity index (χ3n) is 4.34. The van der Waals surface area contributed by atoms with E-state index in [1.165, 1.54) is 36.6 Å². The number of hydrogen-bond donors (Lipinski definition) is 0. The SMILES string of the molecule is c1ccc(Cc2nsc([C@H]3CN4CC[C@H]3C4)n2)cc1. The van der Waals surface area contributed by atoms with Gasteiger partial charge in [-0.2, -0.15) is 4.37 Å². The summed E-state index contributed by atoms with van der Waals surface area (Å²) in [5, 5.41) is 1.26. The van der Waals surface area contributed by atoms with Gasteiger partial charge in [0.1, 0.15) is 10.8 Å². The van der Waals surface area contributed by atoms with Crippen LogP contribution in [0.15, 0.2) is 30.3 Å². The Morgan fingerprint density at radius 3 is 2.84 bits per heavy atom. The van der Waals surface area contributed by atoms with Crippen LogP contribution in [0.4, 0.5) is 0 Å². The Morgan fingerprint density at radius 2 is 2.11 bits per heavy atom. The molecule has 2 aliphatic heterocycles. The predicted molar refractivity (Wildman–Crippen MR) is 76.4 cm³/mol. The van der Waals surface area contributed by atoms with Gasteiger partial charge in [0.05, 0.1) is 0 Å². The topological polar surface area (TPSA) is 29.0 Å². The first-order valence-corrected chi connectivity index (χ1v) is 7.74. The predicted octanol–water partition coefficient (Wildman–Crippen LogP) is 2.55. The monoisotopic (exact) mass is 271 g/mol. The summed E-state index contributed by atoms with van der Waals surface area (Å²) in [7, 11) is 0. The number of benzene rings is 1. The van der Waals surface area contributed by atoms with Gasteiger partial charge in [-0.15, -0.1) is 0 Å². The quantitative estimate of drug-likeness (QED) is 0.859. The molecule has 2 fully saturated rings. The van der Waals surface area contributed by atoms with E-state index in [2.05, 4.69) is 33.5 Å². The zero-order chi connectivity index (χ0) is 12.7. The highest BCUT2D eigenvalue weighted by atomic mass is 32.1. The summed E-state index contributed by atoms with van der Waals surface area (Å²) < 4.78 is 4.55. The van der Waals surface area contributed by atoms with Crippen LogP contribution in [0.5, 0.6) is 0 Å². The van der Waals surface area contributed by atoms with Gasteiger partial charge < -0.3 is 4.90 Å². The second-order valence-electron chi connectivity index (χ2n) is 5.63. The average Bonchev–Trinajstić information content (AvgIpc) is 3.15. The van der Waals surface area contributed by atoms with E-state index < -0.39 is 0 Å². The Labute approximate surface area is 117 Å². The van der Waals surface area contributed by atoms with Crippen LogP contribution in [0.2, 0.25) is 0 Å². The molecule has 2 aromatic rings. The summed E-state index contributed by atoms with van der Waals surface area (Å²) in [6, 6.07) is 10.5. The van der Waals surface area contributed by atoms with E-state index >= 15 is 0 Å². The molecule has 2 saturated heterocycles. The van der Waals surface area contributed by atoms with Gasteiger partial charge in [-0.25, -0.2) is 4.98 Å². The Kier molecular flexibility index (Phi) is 2.85. The number of aromatic nitrogens is 2. The van der Waals surface area contributed by atoms with Crippen molar-refractivity contribution in [2.24, 2.45) is 5.92 Å². The summed E-state index contributed by atoms with van der Waals surface area (Å²) in [4.78, 5) is 7.35. The van der Waals surface area contributed by atoms with Crippen molar-refractivity contribution in [2.75, 3.05) is 19.6 Å². The highest BCUT2D eigenvalue weighted by molar-refractivity contribution is 7.05. The van der Waals surface area contributed by atoms with Crippen molar-refractivity contribution < 1.29 is 0 Å². The first kappa shape index (κ1) is 11.6. The number of piperidine rings is 1. The summed E-state index contributed by atoms with van der Waals surface area (Å²) in [5.41, 5.74) is 1.29. The molecule has 1 unspecified atom stereocenters. The molecule has 2 bridgehead atoms. The standard InChI is InChI=1S/C15H17N3S/c1-2-4-11(5-3-1)8-14-16-15(19-17-14)13-10-18-7-6-12(13)9-18/h1-5,12-13H,6-10H2/t12-,13-/m0/s1. The van der Waals surface area contributed by atoms with Crippen LogP contribution in [-0.4, -0.2) is 33.9 Å². The Balaban J connectivity index is 1.51. The number of rotatable bonds is 3. The maximum absolute atomic E-state index is 4.79. The largest absolute Gasteiger partial charge is 0.302 e. The van der Waals surface area contributed by atoms with Gasteiger partial charge in [0.15, 0.2) is 0 Å². The minimum absolute atomic E-state index is 0.649. The summed E-state index contributed by atoms with van der Waals surface area (Å²) >= 11 is 1.62. The third-order valence-corrected chi connectivity index (χ3v) is 5.22. The lowest BCUT2D eigenvalue weighted by atomic mass is 9.93. The zero-order valence-corrected chi connectivity index (χ0v) is 11.6. The molecule has 4 heteroatoms. The molecular weight excluding hydrogens is 254 g/mol. The number of fused-ring (bicyclic) bond motifs is 2. The normalized spacial score (nSPS) is 28.9. The van der Waals surface area contributed by atoms with Crippen molar-refractivity contribution in [1.82, 2.24) is 14.3 Å². The van der Waals surface area contributed by atoms with Crippen molar-refractivity contribution in [3.8, 4) is 0 Å². The molecule has 0 N–H and O–H groups in total. The van der Waals surface area contributed by atoms with Crippen LogP contribution in [0.3, 0.4) is 0 Å². The molecule has 3 nitrogen and oxygen atoms in total. The van der Waals surface area contributed by atoms with Crippen molar-refractivity contribution in [3.05, 3.63) is 46.7 Å². The molecule has 0 amide bonds. The molecule has 3 heterocycles. The minimum Gasteiger partial charge on any atom is -0.302 e. The first-order chi connectivity index (χ1) is 9.38. The highest BCUT2D eigenvalue weighted by Gasteiger charge is 2.40. The lowest BCUT2D eigenvalue weighted by Gasteiger charge is -2.19. The average molecular weight is 271 g/mol. The fourth-order valence-corrected chi connectivity index (χ4v) is 4.19. The smallest absolute Gasteiger partial charge is 0.146 e. The first-order valence-electron chi connectivity index (χ1n) is 6.97. The van der Waals surface area contributed by atoms with E-state index in [0.717, 1.165) is 18.2 Å². The van der Waals surface area contributed by atoms with E-state index in [-0.39, 0.29) is 0 Å². The molecule has 19 heavy (non-hydrogen) atoms. The van der Waals surface area contributed by atoms with Crippen LogP contribution >= 0.6 is 11.5 Å². The lowest BCUT2D eigenvalue weighted by Crippen LogP contribution is -2.22. The van der Waals surface area contributed by atoms with Crippen LogP contribution in [0, 0.1) is 5.92 Å². The maximum Gasteiger partial charge on any atom is 0.146 e. The number of hydrogen-bond acceptors (Lipinski definition) is 4. The van der Waals surface area contributed by atoms with E-state index in [4.69, 9.17) is 4.98 Å². The van der Waals surface area contributed by atoms with E-state index in [1.54, 1.807) is 11.5 Å². The zero-order valence-electron chi connectivity index (χ0n) is 10.8. The van der Waals surface area contributed by atoms with Crippen molar-refractivity contribution >= 4 is 11.5 Å². The minimum atomic E-state index is 0.649. The fourth-order valence-electron chi connectivity index (χ4n) is 3.33. The second-order valence-corrected chi connectivity index (χ2v) is 6.41. The Morgan fingerprint density at radius 1 is 1.21 bits per heavy atom. The van der Waals surface area contributed by atoms with Crippen molar-refractivity contribution in [3.63, 3.8) is 0 Å². The van der Waals surface area contributed by atoms with Crippen LogP contribution in [0.1, 0.15) is 28.7 Å². The van der Waals surface area contributed by atoms with Gasteiger partial charge in [0, 0.05) is 25.4 Å². The second kappa shape index (κ2) is 4.69. The molecule has 1 aromatic carbocycles. The van der Waals surface area contributed by atoms with Crippen LogP contribution < -0.4 is 0 Å². The third kappa shape index (κ3) is 2.19. The van der Waals surface area contributed by atoms with Crippen molar-refractivity contribution in [2.45, 2.75) is 18.8 Å². The maximum atomic E-state index is 4.79. The summed E-state index contributed by atoms with van der Waals surface area (Å²) in [6.45, 7) is 3.76. The van der Waals surface area contributed by atoms with Gasteiger partial charge >= 0.3 is 0 Å². The van der Waals surface area contributed by atoms with Crippen LogP contribution in [0.25, 0.3) is 0 Å². The van der Waals surface area contributed by atoms with Gasteiger partial charge in [0.25, 0.3) is 0 Å². The van der Waals surface area contributed by atoms with E-state index in [0.29, 0.717) is 5.92 Å². The molecular formula is C15H17N3S. The lowest BCUT2D eigenvalue weighted by molar-refractivity contribution is 0.346. The fraction of sp³-hybridized carbons (Fsp3) is 0.467. The molecule has 0 aliphatic carbocycles. The van der Waals surface area contributed by atoms with Gasteiger partial charge in [-0.1, -0.05) is 30.3 Å². The van der Waals surface area contributed by atoms with Gasteiger partial charge in [0.2, 0.25) is 0 Å². The molecule has 1 aromatic heterocycles. The van der Waals surface area contributed by atoms with Crippen LogP contribution in [-0.2, 0) is 6.42 Å². The van der Waals surface area contributed by atoms with Gasteiger partial charge in [-0.05, 0) is 36.0 Å². The van der Waals surface area contributed by atoms with E-state index in [9.17, 15) is 0 Å². The summed E-state index contributed by atoms with van der Waals surface area (Å²) in [6.07, 6.45) is 2.21. The molecule has 0 spiro atoms. The number of nitrogens with zero attached hydrogens (tertiary/aromatic N) is 3. The van der Waals surface area contributed by atoms with Crippen molar-refractivity contribution in [1.29, 1.82) is 0 Å². The molecule has 0 saturated carbocycles. The Hall–Kier alpha value is -1.26. The molecule has 2 aliphatic rings. The van der Waals surface area contributed by atoms with Gasteiger partial charge in [-0.3, -0.25) is 0 Å².